The SMILES string of the molecule is COCOc1c(Pc2c(C)cccc2CNCc2ccccc2)cc(C(C)(C)C)cc1C(C)(C)C. The monoisotopic (exact) mass is 491 g/mol. The maximum atomic E-state index is 6.27. The van der Waals surface area contributed by atoms with E-state index < -0.39 is 0 Å². The van der Waals surface area contributed by atoms with Crippen LogP contribution in [0.15, 0.2) is 60.7 Å². The van der Waals surface area contributed by atoms with Crippen LogP contribution in [0.4, 0.5) is 0 Å². The lowest BCUT2D eigenvalue weighted by Gasteiger charge is -2.29. The average molecular weight is 492 g/mol. The number of hydrogen-bond donors (Lipinski definition) is 1. The molecule has 0 fully saturated rings. The number of rotatable bonds is 9. The molecule has 0 aromatic heterocycles. The van der Waals surface area contributed by atoms with E-state index in [2.05, 4.69) is 114 Å². The minimum atomic E-state index is -0.0463. The fourth-order valence-electron chi connectivity index (χ4n) is 4.11. The molecule has 3 rings (SSSR count). The summed E-state index contributed by atoms with van der Waals surface area (Å²) in [6.45, 7) is 17.8. The van der Waals surface area contributed by atoms with E-state index in [4.69, 9.17) is 9.47 Å². The highest BCUT2D eigenvalue weighted by atomic mass is 31.1. The molecule has 35 heavy (non-hydrogen) atoms. The van der Waals surface area contributed by atoms with Crippen LogP contribution in [0.2, 0.25) is 0 Å². The Kier molecular flexibility index (Phi) is 9.16. The first-order valence-corrected chi connectivity index (χ1v) is 13.4. The minimum Gasteiger partial charge on any atom is -0.467 e. The maximum absolute atomic E-state index is 6.27. The van der Waals surface area contributed by atoms with E-state index in [-0.39, 0.29) is 17.6 Å². The fraction of sp³-hybridized carbons (Fsp3) is 0.419. The molecule has 0 amide bonds. The van der Waals surface area contributed by atoms with Crippen molar-refractivity contribution in [2.75, 3.05) is 13.9 Å². The van der Waals surface area contributed by atoms with Gasteiger partial charge in [-0.2, -0.15) is 0 Å². The van der Waals surface area contributed by atoms with E-state index in [0.29, 0.717) is 8.58 Å². The Morgan fingerprint density at radius 1 is 0.829 bits per heavy atom. The summed E-state index contributed by atoms with van der Waals surface area (Å²) in [5.74, 6) is 0.970. The van der Waals surface area contributed by atoms with E-state index in [0.717, 1.165) is 18.8 Å². The summed E-state index contributed by atoms with van der Waals surface area (Å²) in [6, 6.07) is 21.9. The Bertz CT molecular complexity index is 1110. The molecule has 0 spiro atoms. The predicted molar refractivity (Wildman–Crippen MR) is 152 cm³/mol. The van der Waals surface area contributed by atoms with E-state index in [9.17, 15) is 0 Å². The molecule has 0 aliphatic carbocycles. The second kappa shape index (κ2) is 11.7. The lowest BCUT2D eigenvalue weighted by atomic mass is 9.80. The fourth-order valence-corrected chi connectivity index (χ4v) is 5.54. The lowest BCUT2D eigenvalue weighted by Crippen LogP contribution is -2.25. The molecule has 3 aromatic rings. The Hall–Kier alpha value is -2.19. The van der Waals surface area contributed by atoms with Gasteiger partial charge >= 0.3 is 0 Å². The van der Waals surface area contributed by atoms with Gasteiger partial charge in [-0.25, -0.2) is 0 Å². The van der Waals surface area contributed by atoms with Crippen molar-refractivity contribution in [3.8, 4) is 5.75 Å². The zero-order valence-electron chi connectivity index (χ0n) is 22.7. The van der Waals surface area contributed by atoms with Crippen molar-refractivity contribution in [3.63, 3.8) is 0 Å². The van der Waals surface area contributed by atoms with Crippen LogP contribution in [0.25, 0.3) is 0 Å². The molecule has 0 radical (unpaired) electrons. The number of hydrogen-bond acceptors (Lipinski definition) is 3. The van der Waals surface area contributed by atoms with Gasteiger partial charge in [0.05, 0.1) is 0 Å². The highest BCUT2D eigenvalue weighted by molar-refractivity contribution is 7.56. The van der Waals surface area contributed by atoms with Gasteiger partial charge in [0.15, 0.2) is 6.79 Å². The predicted octanol–water partition coefficient (Wildman–Crippen LogP) is 6.49. The van der Waals surface area contributed by atoms with Gasteiger partial charge in [-0.3, -0.25) is 0 Å². The number of aryl methyl sites for hydroxylation is 1. The summed E-state index contributed by atoms with van der Waals surface area (Å²) in [5.41, 5.74) is 6.54. The lowest BCUT2D eigenvalue weighted by molar-refractivity contribution is 0.0506. The van der Waals surface area contributed by atoms with Crippen LogP contribution in [0, 0.1) is 6.92 Å². The third-order valence-electron chi connectivity index (χ3n) is 6.19. The summed E-state index contributed by atoms with van der Waals surface area (Å²) >= 11 is 0. The zero-order chi connectivity index (χ0) is 25.6. The van der Waals surface area contributed by atoms with Crippen molar-refractivity contribution in [1.82, 2.24) is 5.32 Å². The van der Waals surface area contributed by atoms with Gasteiger partial charge < -0.3 is 14.8 Å². The van der Waals surface area contributed by atoms with Gasteiger partial charge in [-0.15, -0.1) is 0 Å². The highest BCUT2D eigenvalue weighted by Gasteiger charge is 2.26. The van der Waals surface area contributed by atoms with Gasteiger partial charge in [0.1, 0.15) is 5.75 Å². The Morgan fingerprint density at radius 3 is 2.17 bits per heavy atom. The first-order valence-electron chi connectivity index (χ1n) is 12.4. The molecule has 0 aliphatic rings. The quantitative estimate of drug-likeness (QED) is 0.274. The van der Waals surface area contributed by atoms with Crippen molar-refractivity contribution in [2.45, 2.75) is 72.4 Å². The zero-order valence-corrected chi connectivity index (χ0v) is 23.7. The maximum Gasteiger partial charge on any atom is 0.188 e. The third-order valence-corrected chi connectivity index (χ3v) is 7.80. The van der Waals surface area contributed by atoms with Gasteiger partial charge in [0.25, 0.3) is 0 Å². The molecule has 0 saturated heterocycles. The molecular formula is C31H42NO2P. The van der Waals surface area contributed by atoms with Crippen LogP contribution in [0.3, 0.4) is 0 Å². The van der Waals surface area contributed by atoms with Gasteiger partial charge in [-0.05, 0) is 51.4 Å². The molecule has 1 atom stereocenters. The van der Waals surface area contributed by atoms with Crippen LogP contribution < -0.4 is 20.7 Å². The van der Waals surface area contributed by atoms with Gasteiger partial charge in [-0.1, -0.05) is 105 Å². The summed E-state index contributed by atoms with van der Waals surface area (Å²) in [7, 11) is 2.17. The molecule has 0 aliphatic heterocycles. The molecule has 1 N–H and O–H groups in total. The van der Waals surface area contributed by atoms with E-state index in [1.165, 1.54) is 38.4 Å². The molecule has 4 heteroatoms. The van der Waals surface area contributed by atoms with Crippen LogP contribution in [0.5, 0.6) is 5.75 Å². The number of ether oxygens (including phenoxy) is 2. The summed E-state index contributed by atoms with van der Waals surface area (Å²) < 4.78 is 11.6. The van der Waals surface area contributed by atoms with Crippen LogP contribution in [-0.2, 0) is 28.7 Å². The Labute approximate surface area is 214 Å². The normalized spacial score (nSPS) is 12.5. The molecule has 188 valence electrons. The topological polar surface area (TPSA) is 30.5 Å². The molecular weight excluding hydrogens is 449 g/mol. The first kappa shape index (κ1) is 27.4. The van der Waals surface area contributed by atoms with Crippen molar-refractivity contribution in [3.05, 3.63) is 88.5 Å². The second-order valence-corrected chi connectivity index (χ2v) is 12.6. The number of methoxy groups -OCH3 is 1. The molecule has 0 saturated carbocycles. The molecule has 3 aromatic carbocycles. The van der Waals surface area contributed by atoms with E-state index in [1.54, 1.807) is 7.11 Å². The van der Waals surface area contributed by atoms with Crippen molar-refractivity contribution in [2.24, 2.45) is 0 Å². The summed E-state index contributed by atoms with van der Waals surface area (Å²) in [5, 5.41) is 6.28. The number of nitrogens with one attached hydrogen (secondary N) is 1. The highest BCUT2D eigenvalue weighted by Crippen LogP contribution is 2.37. The molecule has 0 bridgehead atoms. The Morgan fingerprint density at radius 2 is 1.54 bits per heavy atom. The van der Waals surface area contributed by atoms with Gasteiger partial charge in [0, 0.05) is 31.1 Å². The smallest absolute Gasteiger partial charge is 0.188 e. The minimum absolute atomic E-state index is 0.0463. The van der Waals surface area contributed by atoms with E-state index >= 15 is 0 Å². The van der Waals surface area contributed by atoms with Crippen molar-refractivity contribution < 1.29 is 9.47 Å². The summed E-state index contributed by atoms with van der Waals surface area (Å²) in [6.07, 6.45) is 0. The van der Waals surface area contributed by atoms with Crippen molar-refractivity contribution >= 4 is 19.2 Å². The molecule has 1 unspecified atom stereocenters. The van der Waals surface area contributed by atoms with Crippen LogP contribution >= 0.6 is 8.58 Å². The average Bonchev–Trinajstić information content (AvgIpc) is 2.79. The molecule has 0 heterocycles. The molecule has 3 nitrogen and oxygen atoms in total. The van der Waals surface area contributed by atoms with Crippen LogP contribution in [-0.4, -0.2) is 13.9 Å². The van der Waals surface area contributed by atoms with Crippen LogP contribution in [0.1, 0.15) is 69.4 Å². The summed E-state index contributed by atoms with van der Waals surface area (Å²) in [4.78, 5) is 0. The second-order valence-electron chi connectivity index (χ2n) is 11.3. The Balaban J connectivity index is 2.01. The third kappa shape index (κ3) is 7.40. The van der Waals surface area contributed by atoms with Crippen molar-refractivity contribution in [1.29, 1.82) is 0 Å². The number of benzene rings is 3. The van der Waals surface area contributed by atoms with Gasteiger partial charge in [0.2, 0.25) is 0 Å². The standard InChI is InChI=1S/C31H42NO2P/c1-22-13-12-16-24(20-32-19-23-14-10-9-11-15-23)29(22)35-27-18-25(30(2,3)4)17-26(31(5,6)7)28(27)34-21-33-8/h9-18,32,35H,19-21H2,1-8H3. The first-order chi connectivity index (χ1) is 16.5. The van der Waals surface area contributed by atoms with E-state index in [1.807, 2.05) is 0 Å². The largest absolute Gasteiger partial charge is 0.467 e.